The number of rotatable bonds is 6. The van der Waals surface area contributed by atoms with E-state index in [0.717, 1.165) is 0 Å². The van der Waals surface area contributed by atoms with Crippen molar-refractivity contribution in [2.24, 2.45) is 0 Å². The third-order valence-electron chi connectivity index (χ3n) is 2.40. The van der Waals surface area contributed by atoms with Gasteiger partial charge in [0.05, 0.1) is 12.5 Å². The molecule has 0 saturated carbocycles. The van der Waals surface area contributed by atoms with Crippen molar-refractivity contribution in [2.45, 2.75) is 19.4 Å². The molecule has 1 unspecified atom stereocenters. The van der Waals surface area contributed by atoms with E-state index in [0.29, 0.717) is 6.54 Å². The zero-order valence-electron chi connectivity index (χ0n) is 10.4. The van der Waals surface area contributed by atoms with Crippen LogP contribution in [0.2, 0.25) is 0 Å². The van der Waals surface area contributed by atoms with Crippen LogP contribution in [-0.2, 0) is 9.59 Å². The summed E-state index contributed by atoms with van der Waals surface area (Å²) < 4.78 is 0. The second-order valence-corrected chi connectivity index (χ2v) is 5.16. The molecule has 0 aromatic carbocycles. The maximum absolute atomic E-state index is 11.4. The summed E-state index contributed by atoms with van der Waals surface area (Å²) in [4.78, 5) is 25.5. The lowest BCUT2D eigenvalue weighted by Gasteiger charge is -2.23. The van der Waals surface area contributed by atoms with Gasteiger partial charge >= 0.3 is 0 Å². The third kappa shape index (κ3) is 4.66. The molecule has 0 fully saturated rings. The lowest BCUT2D eigenvalue weighted by atomic mass is 10.2. The van der Waals surface area contributed by atoms with E-state index in [-0.39, 0.29) is 24.2 Å². The summed E-state index contributed by atoms with van der Waals surface area (Å²) in [5, 5.41) is 4.81. The Morgan fingerprint density at radius 2 is 2.18 bits per heavy atom. The van der Waals surface area contributed by atoms with Gasteiger partial charge in [0, 0.05) is 11.4 Å². The molecule has 5 heteroatoms. The van der Waals surface area contributed by atoms with Crippen LogP contribution >= 0.6 is 11.3 Å². The van der Waals surface area contributed by atoms with E-state index in [9.17, 15) is 9.59 Å². The van der Waals surface area contributed by atoms with Crippen LogP contribution in [0, 0.1) is 0 Å². The Labute approximate surface area is 106 Å². The normalized spacial score (nSPS) is 12.5. The summed E-state index contributed by atoms with van der Waals surface area (Å²) in [6.45, 7) is 1.95. The molecular formula is C12H18N2O2S. The van der Waals surface area contributed by atoms with Gasteiger partial charge in [-0.15, -0.1) is 11.3 Å². The zero-order valence-corrected chi connectivity index (χ0v) is 11.2. The van der Waals surface area contributed by atoms with E-state index >= 15 is 0 Å². The second kappa shape index (κ2) is 6.51. The number of carbonyl (C=O) groups is 2. The summed E-state index contributed by atoms with van der Waals surface area (Å²) in [5.41, 5.74) is 0. The first-order valence-electron chi connectivity index (χ1n) is 5.46. The monoisotopic (exact) mass is 254 g/mol. The van der Waals surface area contributed by atoms with Gasteiger partial charge in [0.2, 0.25) is 5.91 Å². The third-order valence-corrected chi connectivity index (χ3v) is 3.37. The maximum atomic E-state index is 11.4. The van der Waals surface area contributed by atoms with Gasteiger partial charge in [-0.3, -0.25) is 9.59 Å². The molecule has 0 aliphatic rings. The number of hydrogen-bond donors (Lipinski definition) is 1. The Bertz CT molecular complexity index is 374. The van der Waals surface area contributed by atoms with Gasteiger partial charge in [-0.1, -0.05) is 6.07 Å². The van der Waals surface area contributed by atoms with Crippen molar-refractivity contribution < 1.29 is 9.59 Å². The standard InChI is InChI=1S/C12H18N2O2S/c1-9(15)7-12(16)13-8-10(14(2)3)11-5-4-6-17-11/h4-6,10H,7-8H2,1-3H3,(H,13,16). The van der Waals surface area contributed by atoms with Crippen molar-refractivity contribution in [3.63, 3.8) is 0 Å². The number of nitrogens with zero attached hydrogens (tertiary/aromatic N) is 1. The van der Waals surface area contributed by atoms with Crippen LogP contribution in [-0.4, -0.2) is 37.2 Å². The Balaban J connectivity index is 2.52. The maximum Gasteiger partial charge on any atom is 0.227 e. The minimum atomic E-state index is -0.207. The molecule has 0 saturated heterocycles. The average molecular weight is 254 g/mol. The highest BCUT2D eigenvalue weighted by molar-refractivity contribution is 7.10. The van der Waals surface area contributed by atoms with Crippen molar-refractivity contribution in [1.82, 2.24) is 10.2 Å². The van der Waals surface area contributed by atoms with Crippen LogP contribution in [0.15, 0.2) is 17.5 Å². The molecule has 1 atom stereocenters. The minimum Gasteiger partial charge on any atom is -0.354 e. The Kier molecular flexibility index (Phi) is 5.31. The first-order valence-corrected chi connectivity index (χ1v) is 6.34. The van der Waals surface area contributed by atoms with Crippen LogP contribution in [0.4, 0.5) is 0 Å². The van der Waals surface area contributed by atoms with E-state index in [1.807, 2.05) is 31.6 Å². The van der Waals surface area contributed by atoms with E-state index < -0.39 is 0 Å². The SMILES string of the molecule is CC(=O)CC(=O)NCC(c1cccs1)N(C)C. The number of ketones is 1. The molecule has 17 heavy (non-hydrogen) atoms. The number of carbonyl (C=O) groups excluding carboxylic acids is 2. The Morgan fingerprint density at radius 1 is 1.47 bits per heavy atom. The number of Topliss-reactive ketones (excluding diaryl/α,β-unsaturated/α-hetero) is 1. The summed E-state index contributed by atoms with van der Waals surface area (Å²) in [5.74, 6) is -0.319. The number of hydrogen-bond acceptors (Lipinski definition) is 4. The van der Waals surface area contributed by atoms with Crippen molar-refractivity contribution in [2.75, 3.05) is 20.6 Å². The van der Waals surface area contributed by atoms with Gasteiger partial charge in [-0.2, -0.15) is 0 Å². The molecule has 1 heterocycles. The van der Waals surface area contributed by atoms with E-state index in [1.165, 1.54) is 11.8 Å². The highest BCUT2D eigenvalue weighted by Crippen LogP contribution is 2.22. The van der Waals surface area contributed by atoms with Crippen LogP contribution in [0.5, 0.6) is 0 Å². The second-order valence-electron chi connectivity index (χ2n) is 4.18. The first kappa shape index (κ1) is 13.9. The molecule has 1 amide bonds. The molecule has 0 aliphatic carbocycles. The molecule has 4 nitrogen and oxygen atoms in total. The van der Waals surface area contributed by atoms with Crippen molar-refractivity contribution in [1.29, 1.82) is 0 Å². The van der Waals surface area contributed by atoms with E-state index in [4.69, 9.17) is 0 Å². The van der Waals surface area contributed by atoms with Gasteiger partial charge in [-0.25, -0.2) is 0 Å². The summed E-state index contributed by atoms with van der Waals surface area (Å²) in [6.07, 6.45) is -0.0371. The summed E-state index contributed by atoms with van der Waals surface area (Å²) >= 11 is 1.67. The van der Waals surface area contributed by atoms with Crippen LogP contribution < -0.4 is 5.32 Å². The average Bonchev–Trinajstić information content (AvgIpc) is 2.69. The van der Waals surface area contributed by atoms with Gasteiger partial charge in [0.1, 0.15) is 5.78 Å². The predicted molar refractivity (Wildman–Crippen MR) is 69.1 cm³/mol. The number of amides is 1. The fraction of sp³-hybridized carbons (Fsp3) is 0.500. The van der Waals surface area contributed by atoms with Crippen molar-refractivity contribution in [3.8, 4) is 0 Å². The van der Waals surface area contributed by atoms with Crippen LogP contribution in [0.25, 0.3) is 0 Å². The molecule has 0 bridgehead atoms. The highest BCUT2D eigenvalue weighted by atomic mass is 32.1. The van der Waals surface area contributed by atoms with Crippen LogP contribution in [0.3, 0.4) is 0 Å². The summed E-state index contributed by atoms with van der Waals surface area (Å²) in [6, 6.07) is 4.20. The highest BCUT2D eigenvalue weighted by Gasteiger charge is 2.16. The van der Waals surface area contributed by atoms with Gasteiger partial charge in [0.25, 0.3) is 0 Å². The zero-order chi connectivity index (χ0) is 12.8. The molecule has 0 aliphatic heterocycles. The fourth-order valence-electron chi connectivity index (χ4n) is 1.52. The Hall–Kier alpha value is -1.20. The van der Waals surface area contributed by atoms with Crippen molar-refractivity contribution in [3.05, 3.63) is 22.4 Å². The molecule has 1 aromatic heterocycles. The number of nitrogens with one attached hydrogen (secondary N) is 1. The topological polar surface area (TPSA) is 49.4 Å². The summed E-state index contributed by atoms with van der Waals surface area (Å²) in [7, 11) is 3.95. The molecular weight excluding hydrogens is 236 g/mol. The fourth-order valence-corrected chi connectivity index (χ4v) is 2.44. The quantitative estimate of drug-likeness (QED) is 0.782. The van der Waals surface area contributed by atoms with E-state index in [1.54, 1.807) is 11.3 Å². The first-order chi connectivity index (χ1) is 8.00. The largest absolute Gasteiger partial charge is 0.354 e. The van der Waals surface area contributed by atoms with E-state index in [2.05, 4.69) is 10.2 Å². The number of likely N-dealkylation sites (N-methyl/N-ethyl adjacent to an activating group) is 1. The molecule has 94 valence electrons. The van der Waals surface area contributed by atoms with Crippen molar-refractivity contribution >= 4 is 23.0 Å². The lowest BCUT2D eigenvalue weighted by Crippen LogP contribution is -2.34. The van der Waals surface area contributed by atoms with Crippen LogP contribution in [0.1, 0.15) is 24.3 Å². The molecule has 0 spiro atoms. The molecule has 0 radical (unpaired) electrons. The molecule has 1 aromatic rings. The smallest absolute Gasteiger partial charge is 0.227 e. The van der Waals surface area contributed by atoms with Gasteiger partial charge in [-0.05, 0) is 32.5 Å². The predicted octanol–water partition coefficient (Wildman–Crippen LogP) is 1.45. The number of thiophene rings is 1. The van der Waals surface area contributed by atoms with Gasteiger partial charge < -0.3 is 10.2 Å². The molecule has 1 N–H and O–H groups in total. The Morgan fingerprint density at radius 3 is 2.65 bits per heavy atom. The minimum absolute atomic E-state index is 0.0371. The lowest BCUT2D eigenvalue weighted by molar-refractivity contribution is -0.127. The molecule has 1 rings (SSSR count). The van der Waals surface area contributed by atoms with Gasteiger partial charge in [0.15, 0.2) is 0 Å².